The molecule has 1 aliphatic rings. The van der Waals surface area contributed by atoms with Crippen LogP contribution in [0.1, 0.15) is 41.8 Å². The topological polar surface area (TPSA) is 80.6 Å². The van der Waals surface area contributed by atoms with Crippen molar-refractivity contribution in [3.05, 3.63) is 77.2 Å². The smallest absolute Gasteiger partial charge is 0.291 e. The predicted molar refractivity (Wildman–Crippen MR) is 120 cm³/mol. The molecule has 1 aromatic heterocycles. The largest absolute Gasteiger partial charge is 0.494 e. The lowest BCUT2D eigenvalue weighted by Gasteiger charge is -2.28. The zero-order valence-electron chi connectivity index (χ0n) is 17.1. The lowest BCUT2D eigenvalue weighted by molar-refractivity contribution is -0.121. The molecule has 0 atom stereocenters. The highest BCUT2D eigenvalue weighted by molar-refractivity contribution is 6.30. The van der Waals surface area contributed by atoms with E-state index < -0.39 is 5.41 Å². The van der Waals surface area contributed by atoms with Crippen LogP contribution in [-0.2, 0) is 10.2 Å². The summed E-state index contributed by atoms with van der Waals surface area (Å²) in [4.78, 5) is 25.6. The van der Waals surface area contributed by atoms with Gasteiger partial charge in [-0.15, -0.1) is 0 Å². The van der Waals surface area contributed by atoms with Gasteiger partial charge in [0.05, 0.1) is 24.5 Å². The lowest BCUT2D eigenvalue weighted by Crippen LogP contribution is -2.38. The third-order valence-corrected chi connectivity index (χ3v) is 5.99. The Bertz CT molecular complexity index is 1070. The number of amides is 2. The minimum atomic E-state index is -0.579. The van der Waals surface area contributed by atoms with Crippen LogP contribution in [-0.4, -0.2) is 18.9 Å². The molecule has 0 aliphatic heterocycles. The highest BCUT2D eigenvalue weighted by Crippen LogP contribution is 2.42. The van der Waals surface area contributed by atoms with Crippen molar-refractivity contribution in [3.63, 3.8) is 0 Å². The van der Waals surface area contributed by atoms with Crippen LogP contribution in [0.25, 0.3) is 0 Å². The fourth-order valence-corrected chi connectivity index (χ4v) is 4.23. The van der Waals surface area contributed by atoms with Crippen LogP contribution >= 0.6 is 11.6 Å². The van der Waals surface area contributed by atoms with Crippen molar-refractivity contribution in [1.29, 1.82) is 0 Å². The number of carbonyl (C=O) groups excluding carboxylic acids is 2. The fourth-order valence-electron chi connectivity index (χ4n) is 4.11. The standard InChI is InChI=1S/C24H23ClN2O4/c1-30-21-15-18(10-11-19(21)27-22(28)20-5-4-14-31-20)26-23(29)24(12-2-3-13-24)16-6-8-17(25)9-7-16/h4-11,14-15H,2-3,12-13H2,1H3,(H,26,29)(H,27,28). The first-order chi connectivity index (χ1) is 15.0. The van der Waals surface area contributed by atoms with E-state index in [0.717, 1.165) is 31.2 Å². The van der Waals surface area contributed by atoms with Gasteiger partial charge in [-0.2, -0.15) is 0 Å². The minimum absolute atomic E-state index is 0.0539. The van der Waals surface area contributed by atoms with Crippen molar-refractivity contribution < 1.29 is 18.7 Å². The second kappa shape index (κ2) is 8.86. The van der Waals surface area contributed by atoms with Gasteiger partial charge in [0.15, 0.2) is 5.76 Å². The first-order valence-electron chi connectivity index (χ1n) is 10.1. The van der Waals surface area contributed by atoms with Crippen LogP contribution in [0.3, 0.4) is 0 Å². The minimum Gasteiger partial charge on any atom is -0.494 e. The lowest BCUT2D eigenvalue weighted by atomic mass is 9.78. The Morgan fingerprint density at radius 1 is 1.03 bits per heavy atom. The number of ether oxygens (including phenoxy) is 1. The molecule has 0 spiro atoms. The number of furan rings is 1. The number of halogens is 1. The zero-order valence-corrected chi connectivity index (χ0v) is 17.9. The van der Waals surface area contributed by atoms with E-state index in [1.54, 1.807) is 30.3 Å². The summed E-state index contributed by atoms with van der Waals surface area (Å²) in [5.74, 6) is 0.199. The summed E-state index contributed by atoms with van der Waals surface area (Å²) < 4.78 is 10.5. The molecule has 0 radical (unpaired) electrons. The number of rotatable bonds is 6. The predicted octanol–water partition coefficient (Wildman–Crippen LogP) is 5.64. The molecule has 7 heteroatoms. The first kappa shape index (κ1) is 21.0. The Hall–Kier alpha value is -3.25. The van der Waals surface area contributed by atoms with Gasteiger partial charge in [0.25, 0.3) is 5.91 Å². The van der Waals surface area contributed by atoms with E-state index in [-0.39, 0.29) is 17.6 Å². The van der Waals surface area contributed by atoms with E-state index >= 15 is 0 Å². The number of nitrogens with one attached hydrogen (secondary N) is 2. The average Bonchev–Trinajstić information content (AvgIpc) is 3.48. The van der Waals surface area contributed by atoms with Gasteiger partial charge in [-0.25, -0.2) is 0 Å². The Balaban J connectivity index is 1.54. The summed E-state index contributed by atoms with van der Waals surface area (Å²) in [5.41, 5.74) is 1.47. The summed E-state index contributed by atoms with van der Waals surface area (Å²) in [7, 11) is 1.51. The number of hydrogen-bond donors (Lipinski definition) is 2. The van der Waals surface area contributed by atoms with Gasteiger partial charge in [-0.05, 0) is 54.8 Å². The van der Waals surface area contributed by atoms with Gasteiger partial charge in [-0.3, -0.25) is 9.59 Å². The van der Waals surface area contributed by atoms with Crippen LogP contribution in [0.2, 0.25) is 5.02 Å². The second-order valence-electron chi connectivity index (χ2n) is 7.60. The van der Waals surface area contributed by atoms with Gasteiger partial charge in [0.2, 0.25) is 5.91 Å². The molecule has 0 saturated heterocycles. The summed E-state index contributed by atoms with van der Waals surface area (Å²) in [6.45, 7) is 0. The molecule has 1 saturated carbocycles. The molecule has 1 aliphatic carbocycles. The molecule has 4 rings (SSSR count). The number of hydrogen-bond acceptors (Lipinski definition) is 4. The normalized spacial score (nSPS) is 14.8. The van der Waals surface area contributed by atoms with E-state index in [1.165, 1.54) is 13.4 Å². The second-order valence-corrected chi connectivity index (χ2v) is 8.03. The van der Waals surface area contributed by atoms with Crippen molar-refractivity contribution >= 4 is 34.8 Å². The monoisotopic (exact) mass is 438 g/mol. The van der Waals surface area contributed by atoms with Crippen molar-refractivity contribution in [2.75, 3.05) is 17.7 Å². The molecular weight excluding hydrogens is 416 g/mol. The van der Waals surface area contributed by atoms with E-state index in [2.05, 4.69) is 10.6 Å². The Morgan fingerprint density at radius 3 is 2.42 bits per heavy atom. The van der Waals surface area contributed by atoms with Crippen molar-refractivity contribution in [2.45, 2.75) is 31.1 Å². The molecule has 0 bridgehead atoms. The highest BCUT2D eigenvalue weighted by atomic mass is 35.5. The van der Waals surface area contributed by atoms with Crippen LogP contribution < -0.4 is 15.4 Å². The van der Waals surface area contributed by atoms with Crippen LogP contribution in [0.4, 0.5) is 11.4 Å². The number of benzene rings is 2. The summed E-state index contributed by atoms with van der Waals surface area (Å²) >= 11 is 6.04. The maximum absolute atomic E-state index is 13.4. The van der Waals surface area contributed by atoms with E-state index in [4.69, 9.17) is 20.8 Å². The molecule has 2 amide bonds. The number of methoxy groups -OCH3 is 1. The first-order valence-corrected chi connectivity index (χ1v) is 10.5. The van der Waals surface area contributed by atoms with Crippen LogP contribution in [0.15, 0.2) is 65.3 Å². The molecule has 6 nitrogen and oxygen atoms in total. The Labute approximate surface area is 185 Å². The molecule has 1 heterocycles. The summed E-state index contributed by atoms with van der Waals surface area (Å²) in [6.07, 6.45) is 5.00. The SMILES string of the molecule is COc1cc(NC(=O)C2(c3ccc(Cl)cc3)CCCC2)ccc1NC(=O)c1ccco1. The Kier molecular flexibility index (Phi) is 6.00. The quantitative estimate of drug-likeness (QED) is 0.521. The van der Waals surface area contributed by atoms with Gasteiger partial charge >= 0.3 is 0 Å². The highest BCUT2D eigenvalue weighted by Gasteiger charge is 2.42. The molecule has 2 N–H and O–H groups in total. The van der Waals surface area contributed by atoms with Gasteiger partial charge in [-0.1, -0.05) is 36.6 Å². The molecule has 1 fully saturated rings. The number of anilines is 2. The molecular formula is C24H23ClN2O4. The molecule has 3 aromatic rings. The van der Waals surface area contributed by atoms with Crippen molar-refractivity contribution in [2.24, 2.45) is 0 Å². The Morgan fingerprint density at radius 2 is 1.77 bits per heavy atom. The summed E-state index contributed by atoms with van der Waals surface area (Å²) in [5, 5.41) is 6.44. The van der Waals surface area contributed by atoms with E-state index in [9.17, 15) is 9.59 Å². The van der Waals surface area contributed by atoms with Gasteiger partial charge in [0, 0.05) is 16.8 Å². The average molecular weight is 439 g/mol. The van der Waals surface area contributed by atoms with Crippen LogP contribution in [0.5, 0.6) is 5.75 Å². The van der Waals surface area contributed by atoms with E-state index in [0.29, 0.717) is 22.1 Å². The zero-order chi connectivity index (χ0) is 21.8. The van der Waals surface area contributed by atoms with Crippen LogP contribution in [0, 0.1) is 0 Å². The van der Waals surface area contributed by atoms with E-state index in [1.807, 2.05) is 24.3 Å². The molecule has 2 aromatic carbocycles. The molecule has 31 heavy (non-hydrogen) atoms. The molecule has 0 unspecified atom stereocenters. The van der Waals surface area contributed by atoms with Gasteiger partial charge in [0.1, 0.15) is 5.75 Å². The third-order valence-electron chi connectivity index (χ3n) is 5.74. The molecule has 160 valence electrons. The fraction of sp³-hybridized carbons (Fsp3) is 0.250. The number of carbonyl (C=O) groups is 2. The van der Waals surface area contributed by atoms with Crippen molar-refractivity contribution in [1.82, 2.24) is 0 Å². The van der Waals surface area contributed by atoms with Crippen molar-refractivity contribution in [3.8, 4) is 5.75 Å². The summed E-state index contributed by atoms with van der Waals surface area (Å²) in [6, 6.07) is 15.9. The maximum atomic E-state index is 13.4. The third kappa shape index (κ3) is 4.30. The van der Waals surface area contributed by atoms with Gasteiger partial charge < -0.3 is 19.8 Å². The maximum Gasteiger partial charge on any atom is 0.291 e.